The molecular weight excluding hydrogens is 180 g/mol. The van der Waals surface area contributed by atoms with E-state index < -0.39 is 5.60 Å². The van der Waals surface area contributed by atoms with Crippen LogP contribution in [0.25, 0.3) is 0 Å². The van der Waals surface area contributed by atoms with Gasteiger partial charge in [0.05, 0.1) is 17.9 Å². The van der Waals surface area contributed by atoms with Crippen molar-refractivity contribution >= 4 is 0 Å². The Kier molecular flexibility index (Phi) is 2.33. The number of rotatable bonds is 2. The van der Waals surface area contributed by atoms with Crippen LogP contribution in [0.15, 0.2) is 12.4 Å². The van der Waals surface area contributed by atoms with E-state index in [9.17, 15) is 5.11 Å². The standard InChI is InChI=1S/C10H16N2O2/c1-8-10(13,3-4-14-8)5-9-6-11-12(2)7-9/h6-8,13H,3-5H2,1-2H3. The fourth-order valence-corrected chi connectivity index (χ4v) is 1.92. The summed E-state index contributed by atoms with van der Waals surface area (Å²) in [4.78, 5) is 0. The molecule has 4 nitrogen and oxygen atoms in total. The number of nitrogens with zero attached hydrogens (tertiary/aromatic N) is 2. The maximum absolute atomic E-state index is 10.3. The Hall–Kier alpha value is -0.870. The first-order valence-electron chi connectivity index (χ1n) is 4.92. The Labute approximate surface area is 83.5 Å². The minimum Gasteiger partial charge on any atom is -0.387 e. The molecule has 4 heteroatoms. The van der Waals surface area contributed by atoms with Crippen molar-refractivity contribution in [2.24, 2.45) is 7.05 Å². The molecule has 1 aliphatic rings. The van der Waals surface area contributed by atoms with Crippen LogP contribution in [0.3, 0.4) is 0 Å². The topological polar surface area (TPSA) is 47.3 Å². The molecule has 1 aromatic heterocycles. The van der Waals surface area contributed by atoms with Crippen LogP contribution in [0, 0.1) is 0 Å². The molecule has 78 valence electrons. The fourth-order valence-electron chi connectivity index (χ4n) is 1.92. The molecule has 2 heterocycles. The molecule has 1 saturated heterocycles. The zero-order valence-electron chi connectivity index (χ0n) is 8.60. The van der Waals surface area contributed by atoms with Gasteiger partial charge in [0.25, 0.3) is 0 Å². The predicted octanol–water partition coefficient (Wildman–Crippen LogP) is 0.502. The van der Waals surface area contributed by atoms with Gasteiger partial charge in [0.2, 0.25) is 0 Å². The van der Waals surface area contributed by atoms with E-state index in [1.165, 1.54) is 0 Å². The van der Waals surface area contributed by atoms with Crippen molar-refractivity contribution in [2.45, 2.75) is 31.5 Å². The Balaban J connectivity index is 2.10. The van der Waals surface area contributed by atoms with Crippen LogP contribution in [0.1, 0.15) is 18.9 Å². The highest BCUT2D eigenvalue weighted by Crippen LogP contribution is 2.29. The van der Waals surface area contributed by atoms with E-state index >= 15 is 0 Å². The van der Waals surface area contributed by atoms with Crippen molar-refractivity contribution in [2.75, 3.05) is 6.61 Å². The number of aryl methyl sites for hydroxylation is 1. The minimum absolute atomic E-state index is 0.0808. The third kappa shape index (κ3) is 1.67. The van der Waals surface area contributed by atoms with Gasteiger partial charge in [-0.1, -0.05) is 0 Å². The molecule has 2 atom stereocenters. The lowest BCUT2D eigenvalue weighted by Crippen LogP contribution is -2.38. The molecule has 1 fully saturated rings. The summed E-state index contributed by atoms with van der Waals surface area (Å²) in [5.41, 5.74) is 0.357. The van der Waals surface area contributed by atoms with Gasteiger partial charge in [0, 0.05) is 32.7 Å². The third-order valence-electron chi connectivity index (χ3n) is 2.93. The molecule has 14 heavy (non-hydrogen) atoms. The summed E-state index contributed by atoms with van der Waals surface area (Å²) in [6, 6.07) is 0. The van der Waals surface area contributed by atoms with Crippen LogP contribution in [-0.4, -0.2) is 33.2 Å². The van der Waals surface area contributed by atoms with Crippen molar-refractivity contribution < 1.29 is 9.84 Å². The predicted molar refractivity (Wildman–Crippen MR) is 51.9 cm³/mol. The van der Waals surface area contributed by atoms with Gasteiger partial charge in [-0.25, -0.2) is 0 Å². The molecule has 0 radical (unpaired) electrons. The molecule has 2 rings (SSSR count). The second-order valence-corrected chi connectivity index (χ2v) is 4.07. The maximum atomic E-state index is 10.3. The summed E-state index contributed by atoms with van der Waals surface area (Å²) < 4.78 is 7.12. The highest BCUT2D eigenvalue weighted by Gasteiger charge is 2.39. The smallest absolute Gasteiger partial charge is 0.0968 e. The van der Waals surface area contributed by atoms with Gasteiger partial charge in [-0.2, -0.15) is 5.10 Å². The summed E-state index contributed by atoms with van der Waals surface area (Å²) in [5.74, 6) is 0. The van der Waals surface area contributed by atoms with Crippen LogP contribution < -0.4 is 0 Å². The van der Waals surface area contributed by atoms with Crippen LogP contribution in [-0.2, 0) is 18.2 Å². The number of aromatic nitrogens is 2. The highest BCUT2D eigenvalue weighted by atomic mass is 16.5. The van der Waals surface area contributed by atoms with E-state index in [2.05, 4.69) is 5.10 Å². The monoisotopic (exact) mass is 196 g/mol. The first-order valence-corrected chi connectivity index (χ1v) is 4.92. The van der Waals surface area contributed by atoms with Crippen LogP contribution >= 0.6 is 0 Å². The van der Waals surface area contributed by atoms with Gasteiger partial charge < -0.3 is 9.84 Å². The maximum Gasteiger partial charge on any atom is 0.0968 e. The van der Waals surface area contributed by atoms with Crippen LogP contribution in [0.4, 0.5) is 0 Å². The van der Waals surface area contributed by atoms with Crippen molar-refractivity contribution in [1.29, 1.82) is 0 Å². The Morgan fingerprint density at radius 1 is 1.79 bits per heavy atom. The second kappa shape index (κ2) is 3.37. The van der Waals surface area contributed by atoms with Gasteiger partial charge in [0.15, 0.2) is 0 Å². The Morgan fingerprint density at radius 2 is 2.57 bits per heavy atom. The molecule has 1 N–H and O–H groups in total. The average Bonchev–Trinajstić information content (AvgIpc) is 2.62. The summed E-state index contributed by atoms with van der Waals surface area (Å²) in [6.45, 7) is 2.57. The van der Waals surface area contributed by atoms with E-state index in [1.54, 1.807) is 10.9 Å². The van der Waals surface area contributed by atoms with E-state index in [1.807, 2.05) is 20.2 Å². The fraction of sp³-hybridized carbons (Fsp3) is 0.700. The molecule has 0 aromatic carbocycles. The molecule has 2 unspecified atom stereocenters. The van der Waals surface area contributed by atoms with Gasteiger partial charge in [0.1, 0.15) is 0 Å². The van der Waals surface area contributed by atoms with Crippen LogP contribution in [0.5, 0.6) is 0 Å². The van der Waals surface area contributed by atoms with E-state index in [0.29, 0.717) is 19.4 Å². The number of hydrogen-bond donors (Lipinski definition) is 1. The minimum atomic E-state index is -0.705. The molecule has 0 bridgehead atoms. The zero-order valence-corrected chi connectivity index (χ0v) is 8.60. The largest absolute Gasteiger partial charge is 0.387 e. The molecule has 0 spiro atoms. The molecule has 1 aromatic rings. The Morgan fingerprint density at radius 3 is 3.07 bits per heavy atom. The number of ether oxygens (including phenoxy) is 1. The third-order valence-corrected chi connectivity index (χ3v) is 2.93. The lowest BCUT2D eigenvalue weighted by atomic mass is 9.90. The van der Waals surface area contributed by atoms with Crippen molar-refractivity contribution in [3.63, 3.8) is 0 Å². The SMILES string of the molecule is CC1OCCC1(O)Cc1cnn(C)c1. The first kappa shape index (κ1) is 9.68. The normalized spacial score (nSPS) is 32.4. The van der Waals surface area contributed by atoms with Gasteiger partial charge in [-0.15, -0.1) is 0 Å². The molecule has 1 aliphatic heterocycles. The lowest BCUT2D eigenvalue weighted by Gasteiger charge is -2.25. The number of aliphatic hydroxyl groups is 1. The molecule has 0 aliphatic carbocycles. The highest BCUT2D eigenvalue weighted by molar-refractivity contribution is 5.10. The summed E-state index contributed by atoms with van der Waals surface area (Å²) in [5, 5.41) is 14.3. The zero-order chi connectivity index (χ0) is 10.2. The van der Waals surface area contributed by atoms with Gasteiger partial charge in [-0.3, -0.25) is 4.68 Å². The summed E-state index contributed by atoms with van der Waals surface area (Å²) in [6.07, 6.45) is 4.99. The molecule has 0 amide bonds. The summed E-state index contributed by atoms with van der Waals surface area (Å²) >= 11 is 0. The van der Waals surface area contributed by atoms with Gasteiger partial charge in [-0.05, 0) is 12.5 Å². The quantitative estimate of drug-likeness (QED) is 0.749. The van der Waals surface area contributed by atoms with Crippen LogP contribution in [0.2, 0.25) is 0 Å². The van der Waals surface area contributed by atoms with E-state index in [4.69, 9.17) is 4.74 Å². The van der Waals surface area contributed by atoms with E-state index in [-0.39, 0.29) is 6.10 Å². The van der Waals surface area contributed by atoms with Gasteiger partial charge >= 0.3 is 0 Å². The summed E-state index contributed by atoms with van der Waals surface area (Å²) in [7, 11) is 1.88. The number of hydrogen-bond acceptors (Lipinski definition) is 3. The average molecular weight is 196 g/mol. The molecule has 0 saturated carbocycles. The van der Waals surface area contributed by atoms with Crippen molar-refractivity contribution in [3.05, 3.63) is 18.0 Å². The molecular formula is C10H16N2O2. The lowest BCUT2D eigenvalue weighted by molar-refractivity contribution is -0.0268. The van der Waals surface area contributed by atoms with Crippen molar-refractivity contribution in [1.82, 2.24) is 9.78 Å². The van der Waals surface area contributed by atoms with E-state index in [0.717, 1.165) is 5.56 Å². The Bertz CT molecular complexity index is 324. The second-order valence-electron chi connectivity index (χ2n) is 4.07. The van der Waals surface area contributed by atoms with Crippen molar-refractivity contribution in [3.8, 4) is 0 Å². The first-order chi connectivity index (χ1) is 6.60.